The van der Waals surface area contributed by atoms with Gasteiger partial charge in [0.2, 0.25) is 5.91 Å². The van der Waals surface area contributed by atoms with Crippen molar-refractivity contribution in [3.63, 3.8) is 0 Å². The number of ether oxygens (including phenoxy) is 1. The molecule has 37 heavy (non-hydrogen) atoms. The molecule has 0 atom stereocenters. The van der Waals surface area contributed by atoms with Crippen molar-refractivity contribution < 1.29 is 9.53 Å². The standard InChI is InChI=1S/C28H28N6O2S/c1-36-21-8-6-19(7-9-21)24-16-26(30-18-29-24)33-12-10-20(11-13-33)27(35)31-23-5-3-2-4-22(23)25-17-34-14-15-37-28(34)32-25/h2-9,16-18,20H,10-15H2,1H3,(H,31,35). The van der Waals surface area contributed by atoms with Crippen LogP contribution in [0.4, 0.5) is 11.5 Å². The van der Waals surface area contributed by atoms with Gasteiger partial charge in [-0.2, -0.15) is 0 Å². The SMILES string of the molecule is COc1ccc(-c2cc(N3CCC(C(=O)Nc4ccccc4-c4cn5c(n4)SCC5)CC3)ncn2)cc1. The van der Waals surface area contributed by atoms with Crippen LogP contribution >= 0.6 is 11.8 Å². The Kier molecular flexibility index (Phi) is 6.53. The van der Waals surface area contributed by atoms with E-state index in [1.165, 1.54) is 0 Å². The van der Waals surface area contributed by atoms with Gasteiger partial charge in [0.25, 0.3) is 0 Å². The number of anilines is 2. The Morgan fingerprint density at radius 3 is 2.62 bits per heavy atom. The first-order chi connectivity index (χ1) is 18.2. The smallest absolute Gasteiger partial charge is 0.227 e. The van der Waals surface area contributed by atoms with Crippen molar-refractivity contribution in [2.24, 2.45) is 5.92 Å². The molecule has 1 N–H and O–H groups in total. The number of carbonyl (C=O) groups excluding carboxylic acids is 1. The molecule has 1 fully saturated rings. The number of hydrogen-bond donors (Lipinski definition) is 1. The van der Waals surface area contributed by atoms with Gasteiger partial charge in [0.15, 0.2) is 5.16 Å². The van der Waals surface area contributed by atoms with Crippen LogP contribution in [0.1, 0.15) is 12.8 Å². The third kappa shape index (κ3) is 4.91. The third-order valence-corrected chi connectivity index (χ3v) is 7.96. The van der Waals surface area contributed by atoms with Gasteiger partial charge in [-0.25, -0.2) is 15.0 Å². The van der Waals surface area contributed by atoms with E-state index in [0.717, 1.165) is 83.2 Å². The zero-order valence-corrected chi connectivity index (χ0v) is 21.4. The lowest BCUT2D eigenvalue weighted by molar-refractivity contribution is -0.120. The number of rotatable bonds is 6. The van der Waals surface area contributed by atoms with E-state index in [0.29, 0.717) is 0 Å². The Bertz CT molecular complexity index is 1390. The van der Waals surface area contributed by atoms with Crippen LogP contribution in [0.3, 0.4) is 0 Å². The zero-order chi connectivity index (χ0) is 25.2. The number of fused-ring (bicyclic) bond motifs is 1. The van der Waals surface area contributed by atoms with Crippen molar-refractivity contribution in [3.05, 3.63) is 67.1 Å². The fourth-order valence-corrected chi connectivity index (χ4v) is 5.84. The highest BCUT2D eigenvalue weighted by atomic mass is 32.2. The van der Waals surface area contributed by atoms with Crippen LogP contribution in [0, 0.1) is 5.92 Å². The van der Waals surface area contributed by atoms with E-state index in [1.54, 1.807) is 25.2 Å². The molecule has 188 valence electrons. The summed E-state index contributed by atoms with van der Waals surface area (Å²) < 4.78 is 7.44. The first-order valence-electron chi connectivity index (χ1n) is 12.5. The summed E-state index contributed by atoms with van der Waals surface area (Å²) in [4.78, 5) is 29.2. The molecule has 1 amide bonds. The molecule has 2 aromatic carbocycles. The van der Waals surface area contributed by atoms with Gasteiger partial charge >= 0.3 is 0 Å². The van der Waals surface area contributed by atoms with Crippen molar-refractivity contribution in [3.8, 4) is 28.3 Å². The van der Waals surface area contributed by atoms with Crippen LogP contribution in [-0.2, 0) is 11.3 Å². The minimum Gasteiger partial charge on any atom is -0.497 e. The number of nitrogens with zero attached hydrogens (tertiary/aromatic N) is 5. The maximum absolute atomic E-state index is 13.2. The molecule has 4 heterocycles. The first-order valence-corrected chi connectivity index (χ1v) is 13.5. The number of piperidine rings is 1. The van der Waals surface area contributed by atoms with Gasteiger partial charge in [0.05, 0.1) is 24.2 Å². The number of aromatic nitrogens is 4. The van der Waals surface area contributed by atoms with Crippen molar-refractivity contribution in [1.29, 1.82) is 0 Å². The summed E-state index contributed by atoms with van der Waals surface area (Å²) in [7, 11) is 1.66. The lowest BCUT2D eigenvalue weighted by Gasteiger charge is -2.32. The quantitative estimate of drug-likeness (QED) is 0.390. The van der Waals surface area contributed by atoms with Crippen molar-refractivity contribution in [1.82, 2.24) is 19.5 Å². The summed E-state index contributed by atoms with van der Waals surface area (Å²) in [6, 6.07) is 17.8. The number of benzene rings is 2. The summed E-state index contributed by atoms with van der Waals surface area (Å²) >= 11 is 1.77. The molecule has 0 radical (unpaired) electrons. The monoisotopic (exact) mass is 512 g/mol. The summed E-state index contributed by atoms with van der Waals surface area (Å²) in [6.07, 6.45) is 5.23. The number of imidazole rings is 1. The van der Waals surface area contributed by atoms with E-state index in [9.17, 15) is 4.79 Å². The van der Waals surface area contributed by atoms with E-state index in [-0.39, 0.29) is 11.8 Å². The Balaban J connectivity index is 1.10. The largest absolute Gasteiger partial charge is 0.497 e. The van der Waals surface area contributed by atoms with Crippen LogP contribution in [-0.4, -0.2) is 51.4 Å². The van der Waals surface area contributed by atoms with Gasteiger partial charge in [0.1, 0.15) is 17.9 Å². The third-order valence-electron chi connectivity index (χ3n) is 6.99. The van der Waals surface area contributed by atoms with Gasteiger partial charge in [-0.15, -0.1) is 0 Å². The van der Waals surface area contributed by atoms with Gasteiger partial charge < -0.3 is 19.5 Å². The summed E-state index contributed by atoms with van der Waals surface area (Å²) in [5.41, 5.74) is 4.57. The van der Waals surface area contributed by atoms with Gasteiger partial charge in [-0.1, -0.05) is 30.0 Å². The number of thioether (sulfide) groups is 1. The average Bonchev–Trinajstić information content (AvgIpc) is 3.56. The van der Waals surface area contributed by atoms with E-state index in [2.05, 4.69) is 30.9 Å². The number of nitrogens with one attached hydrogen (secondary N) is 1. The van der Waals surface area contributed by atoms with Gasteiger partial charge in [-0.05, 0) is 43.2 Å². The zero-order valence-electron chi connectivity index (χ0n) is 20.6. The van der Waals surface area contributed by atoms with Crippen molar-refractivity contribution >= 4 is 29.2 Å². The number of methoxy groups -OCH3 is 1. The molecular formula is C28H28N6O2S. The highest BCUT2D eigenvalue weighted by Crippen LogP contribution is 2.33. The molecule has 2 aromatic heterocycles. The molecule has 0 spiro atoms. The highest BCUT2D eigenvalue weighted by molar-refractivity contribution is 7.99. The number of hydrogen-bond acceptors (Lipinski definition) is 7. The van der Waals surface area contributed by atoms with E-state index in [1.807, 2.05) is 54.6 Å². The van der Waals surface area contributed by atoms with Crippen LogP contribution in [0.25, 0.3) is 22.5 Å². The molecule has 9 heteroatoms. The lowest BCUT2D eigenvalue weighted by atomic mass is 9.95. The number of para-hydroxylation sites is 1. The molecule has 1 saturated heterocycles. The molecule has 4 aromatic rings. The van der Waals surface area contributed by atoms with Crippen molar-refractivity contribution in [2.75, 3.05) is 36.2 Å². The topological polar surface area (TPSA) is 85.2 Å². The molecule has 8 nitrogen and oxygen atoms in total. The first kappa shape index (κ1) is 23.5. The Hall–Kier alpha value is -3.85. The molecular weight excluding hydrogens is 484 g/mol. The minimum atomic E-state index is -0.0465. The molecule has 2 aliphatic heterocycles. The summed E-state index contributed by atoms with van der Waals surface area (Å²) in [6.45, 7) is 2.52. The van der Waals surface area contributed by atoms with Crippen LogP contribution in [0.15, 0.2) is 72.3 Å². The fraction of sp³-hybridized carbons (Fsp3) is 0.286. The molecule has 6 rings (SSSR count). The Morgan fingerprint density at radius 1 is 1.03 bits per heavy atom. The highest BCUT2D eigenvalue weighted by Gasteiger charge is 2.27. The van der Waals surface area contributed by atoms with Gasteiger partial charge in [0, 0.05) is 54.7 Å². The number of amides is 1. The maximum Gasteiger partial charge on any atom is 0.227 e. The van der Waals surface area contributed by atoms with Gasteiger partial charge in [-0.3, -0.25) is 4.79 Å². The molecule has 0 bridgehead atoms. The van der Waals surface area contributed by atoms with Crippen LogP contribution in [0.5, 0.6) is 5.75 Å². The lowest BCUT2D eigenvalue weighted by Crippen LogP contribution is -2.38. The second-order valence-corrected chi connectivity index (χ2v) is 10.3. The summed E-state index contributed by atoms with van der Waals surface area (Å²) in [5, 5.41) is 4.23. The normalized spacial score (nSPS) is 15.4. The van der Waals surface area contributed by atoms with E-state index < -0.39 is 0 Å². The second-order valence-electron chi connectivity index (χ2n) is 9.24. The number of aryl methyl sites for hydroxylation is 1. The number of carbonyl (C=O) groups is 1. The molecule has 0 unspecified atom stereocenters. The Morgan fingerprint density at radius 2 is 1.84 bits per heavy atom. The minimum absolute atomic E-state index is 0.0465. The average molecular weight is 513 g/mol. The maximum atomic E-state index is 13.2. The fourth-order valence-electron chi connectivity index (χ4n) is 4.90. The summed E-state index contributed by atoms with van der Waals surface area (Å²) in [5.74, 6) is 2.78. The van der Waals surface area contributed by atoms with Crippen molar-refractivity contribution in [2.45, 2.75) is 24.5 Å². The molecule has 2 aliphatic rings. The second kappa shape index (κ2) is 10.3. The molecule has 0 aliphatic carbocycles. The van der Waals surface area contributed by atoms with Crippen LogP contribution in [0.2, 0.25) is 0 Å². The molecule has 0 saturated carbocycles. The van der Waals surface area contributed by atoms with E-state index >= 15 is 0 Å². The predicted octanol–water partition coefficient (Wildman–Crippen LogP) is 4.98. The predicted molar refractivity (Wildman–Crippen MR) is 146 cm³/mol. The Labute approximate surface area is 220 Å². The van der Waals surface area contributed by atoms with E-state index in [4.69, 9.17) is 9.72 Å². The van der Waals surface area contributed by atoms with Crippen LogP contribution < -0.4 is 15.0 Å².